The molecule has 0 saturated carbocycles. The van der Waals surface area contributed by atoms with Crippen LogP contribution in [0.2, 0.25) is 0 Å². The third kappa shape index (κ3) is 6.02. The number of rotatable bonds is 6. The zero-order valence-electron chi connectivity index (χ0n) is 6.78. The van der Waals surface area contributed by atoms with Gasteiger partial charge in [0, 0.05) is 0 Å². The van der Waals surface area contributed by atoms with Gasteiger partial charge in [-0.3, -0.25) is 4.39 Å². The third-order valence-electron chi connectivity index (χ3n) is 1.75. The molecule has 1 nitrogen and oxygen atoms in total. The molecule has 0 aromatic heterocycles. The highest BCUT2D eigenvalue weighted by Gasteiger charge is 1.99. The number of halogens is 1. The molecule has 2 N–H and O–H groups in total. The summed E-state index contributed by atoms with van der Waals surface area (Å²) in [6, 6.07) is 0. The Bertz CT molecular complexity index is 66.3. The van der Waals surface area contributed by atoms with E-state index >= 15 is 0 Å². The van der Waals surface area contributed by atoms with E-state index in [-0.39, 0.29) is 6.67 Å². The van der Waals surface area contributed by atoms with Gasteiger partial charge in [-0.15, -0.1) is 0 Å². The van der Waals surface area contributed by atoms with Crippen LogP contribution in [0.25, 0.3) is 0 Å². The average Bonchev–Trinajstić information content (AvgIpc) is 1.89. The predicted molar refractivity (Wildman–Crippen MR) is 42.7 cm³/mol. The first-order valence-corrected chi connectivity index (χ1v) is 4.07. The minimum absolute atomic E-state index is 0.177. The lowest BCUT2D eigenvalue weighted by Gasteiger charge is -2.06. The smallest absolute Gasteiger partial charge is 0.0897 e. The van der Waals surface area contributed by atoms with E-state index < -0.39 is 0 Å². The summed E-state index contributed by atoms with van der Waals surface area (Å²) in [4.78, 5) is 0. The molecule has 0 amide bonds. The van der Waals surface area contributed by atoms with Crippen molar-refractivity contribution in [3.8, 4) is 0 Å². The second-order valence-corrected chi connectivity index (χ2v) is 2.87. The van der Waals surface area contributed by atoms with Crippen molar-refractivity contribution in [1.29, 1.82) is 0 Å². The Morgan fingerprint density at radius 1 is 1.30 bits per heavy atom. The van der Waals surface area contributed by atoms with E-state index in [1.807, 2.05) is 0 Å². The molecule has 0 heterocycles. The van der Waals surface area contributed by atoms with Gasteiger partial charge in [-0.1, -0.05) is 19.8 Å². The Hall–Kier alpha value is -0.110. The van der Waals surface area contributed by atoms with E-state index in [1.165, 1.54) is 0 Å². The number of alkyl halides is 1. The van der Waals surface area contributed by atoms with Gasteiger partial charge in [0.25, 0.3) is 0 Å². The zero-order chi connectivity index (χ0) is 7.82. The van der Waals surface area contributed by atoms with Crippen LogP contribution in [-0.2, 0) is 0 Å². The summed E-state index contributed by atoms with van der Waals surface area (Å²) in [5.74, 6) is 0.538. The SMILES string of the molecule is CC(CCF)CCCCN. The lowest BCUT2D eigenvalue weighted by Crippen LogP contribution is -2.01. The van der Waals surface area contributed by atoms with Crippen LogP contribution in [0.15, 0.2) is 0 Å². The van der Waals surface area contributed by atoms with Crippen LogP contribution in [0.1, 0.15) is 32.6 Å². The van der Waals surface area contributed by atoms with E-state index in [1.54, 1.807) is 0 Å². The zero-order valence-corrected chi connectivity index (χ0v) is 6.78. The van der Waals surface area contributed by atoms with E-state index in [0.29, 0.717) is 12.3 Å². The van der Waals surface area contributed by atoms with Gasteiger partial charge in [-0.25, -0.2) is 0 Å². The van der Waals surface area contributed by atoms with Crippen molar-refractivity contribution < 1.29 is 4.39 Å². The van der Waals surface area contributed by atoms with Crippen LogP contribution >= 0.6 is 0 Å². The van der Waals surface area contributed by atoms with E-state index in [4.69, 9.17) is 5.73 Å². The highest BCUT2D eigenvalue weighted by molar-refractivity contribution is 4.52. The van der Waals surface area contributed by atoms with Crippen molar-refractivity contribution in [2.75, 3.05) is 13.2 Å². The average molecular weight is 147 g/mol. The Morgan fingerprint density at radius 2 is 2.00 bits per heavy atom. The molecule has 2 heteroatoms. The lowest BCUT2D eigenvalue weighted by molar-refractivity contribution is 0.381. The summed E-state index contributed by atoms with van der Waals surface area (Å²) in [5, 5.41) is 0. The molecule has 1 unspecified atom stereocenters. The summed E-state index contributed by atoms with van der Waals surface area (Å²) in [6.45, 7) is 2.68. The minimum atomic E-state index is -0.177. The monoisotopic (exact) mass is 147 g/mol. The number of hydrogen-bond donors (Lipinski definition) is 1. The Balaban J connectivity index is 2.97. The van der Waals surface area contributed by atoms with Gasteiger partial charge >= 0.3 is 0 Å². The number of unbranched alkanes of at least 4 members (excludes halogenated alkanes) is 1. The maximum atomic E-state index is 11.7. The fraction of sp³-hybridized carbons (Fsp3) is 1.00. The maximum Gasteiger partial charge on any atom is 0.0897 e. The molecule has 0 fully saturated rings. The number of hydrogen-bond acceptors (Lipinski definition) is 1. The fourth-order valence-corrected chi connectivity index (χ4v) is 0.968. The standard InChI is InChI=1S/C8H18FN/c1-8(5-6-9)4-2-3-7-10/h8H,2-7,10H2,1H3. The molecule has 0 spiro atoms. The normalized spacial score (nSPS) is 13.5. The first-order chi connectivity index (χ1) is 4.81. The van der Waals surface area contributed by atoms with Crippen LogP contribution in [0.5, 0.6) is 0 Å². The van der Waals surface area contributed by atoms with Crippen LogP contribution in [-0.4, -0.2) is 13.2 Å². The van der Waals surface area contributed by atoms with Crippen LogP contribution in [0, 0.1) is 5.92 Å². The molecule has 0 radical (unpaired) electrons. The number of nitrogens with two attached hydrogens (primary N) is 1. The molecular formula is C8H18FN. The van der Waals surface area contributed by atoms with Crippen molar-refractivity contribution in [1.82, 2.24) is 0 Å². The third-order valence-corrected chi connectivity index (χ3v) is 1.75. The van der Waals surface area contributed by atoms with Gasteiger partial charge in [0.2, 0.25) is 0 Å². The predicted octanol–water partition coefficient (Wildman–Crippen LogP) is 2.11. The highest BCUT2D eigenvalue weighted by atomic mass is 19.1. The molecule has 0 rings (SSSR count). The van der Waals surface area contributed by atoms with E-state index in [0.717, 1.165) is 25.8 Å². The minimum Gasteiger partial charge on any atom is -0.330 e. The van der Waals surface area contributed by atoms with Crippen molar-refractivity contribution >= 4 is 0 Å². The Labute approximate surface area is 62.8 Å². The lowest BCUT2D eigenvalue weighted by atomic mass is 10.0. The van der Waals surface area contributed by atoms with Gasteiger partial charge in [-0.2, -0.15) is 0 Å². The van der Waals surface area contributed by atoms with Crippen molar-refractivity contribution in [2.24, 2.45) is 11.7 Å². The fourth-order valence-electron chi connectivity index (χ4n) is 0.968. The van der Waals surface area contributed by atoms with Gasteiger partial charge in [0.05, 0.1) is 6.67 Å². The van der Waals surface area contributed by atoms with Crippen LogP contribution in [0.3, 0.4) is 0 Å². The molecule has 0 saturated heterocycles. The molecule has 0 bridgehead atoms. The molecule has 1 atom stereocenters. The summed E-state index contributed by atoms with van der Waals surface area (Å²) in [5.41, 5.74) is 5.31. The molecule has 0 aliphatic heterocycles. The molecule has 10 heavy (non-hydrogen) atoms. The van der Waals surface area contributed by atoms with Crippen molar-refractivity contribution in [3.05, 3.63) is 0 Å². The van der Waals surface area contributed by atoms with E-state index in [2.05, 4.69) is 6.92 Å². The molecule has 0 aromatic rings. The first kappa shape index (κ1) is 9.89. The summed E-state index contributed by atoms with van der Waals surface area (Å²) in [6.07, 6.45) is 4.07. The molecule has 0 aromatic carbocycles. The highest BCUT2D eigenvalue weighted by Crippen LogP contribution is 2.10. The van der Waals surface area contributed by atoms with Crippen molar-refractivity contribution in [2.45, 2.75) is 32.6 Å². The second-order valence-electron chi connectivity index (χ2n) is 2.87. The maximum absolute atomic E-state index is 11.7. The van der Waals surface area contributed by atoms with E-state index in [9.17, 15) is 4.39 Å². The van der Waals surface area contributed by atoms with Gasteiger partial charge < -0.3 is 5.73 Å². The molecule has 0 aliphatic carbocycles. The van der Waals surface area contributed by atoms with Gasteiger partial charge in [-0.05, 0) is 25.3 Å². The first-order valence-electron chi connectivity index (χ1n) is 4.07. The quantitative estimate of drug-likeness (QED) is 0.572. The second kappa shape index (κ2) is 7.00. The van der Waals surface area contributed by atoms with Crippen molar-refractivity contribution in [3.63, 3.8) is 0 Å². The molecular weight excluding hydrogens is 129 g/mol. The van der Waals surface area contributed by atoms with Gasteiger partial charge in [0.15, 0.2) is 0 Å². The topological polar surface area (TPSA) is 26.0 Å². The summed E-state index contributed by atoms with van der Waals surface area (Å²) >= 11 is 0. The summed E-state index contributed by atoms with van der Waals surface area (Å²) in [7, 11) is 0. The largest absolute Gasteiger partial charge is 0.330 e. The van der Waals surface area contributed by atoms with Crippen LogP contribution < -0.4 is 5.73 Å². The Morgan fingerprint density at radius 3 is 2.50 bits per heavy atom. The van der Waals surface area contributed by atoms with Gasteiger partial charge in [0.1, 0.15) is 0 Å². The molecule has 0 aliphatic rings. The Kier molecular flexibility index (Phi) is 6.93. The van der Waals surface area contributed by atoms with Crippen LogP contribution in [0.4, 0.5) is 4.39 Å². The molecule has 62 valence electrons. The summed E-state index contributed by atoms with van der Waals surface area (Å²) < 4.78 is 11.7.